The number of H-pyrrole nitrogens is 1. The van der Waals surface area contributed by atoms with Gasteiger partial charge in [-0.3, -0.25) is 9.89 Å². The van der Waals surface area contributed by atoms with Gasteiger partial charge in [-0.2, -0.15) is 5.10 Å². The third kappa shape index (κ3) is 4.28. The largest absolute Gasteiger partial charge is 0.497 e. The predicted octanol–water partition coefficient (Wildman–Crippen LogP) is 3.63. The summed E-state index contributed by atoms with van der Waals surface area (Å²) >= 11 is 0. The average Bonchev–Trinajstić information content (AvgIpc) is 3.22. The van der Waals surface area contributed by atoms with Gasteiger partial charge >= 0.3 is 0 Å². The fraction of sp³-hybridized carbons (Fsp3) is 0.238. The maximum Gasteiger partial charge on any atom is 0.269 e. The molecule has 0 saturated carbocycles. The van der Waals surface area contributed by atoms with Gasteiger partial charge in [-0.15, -0.1) is 0 Å². The molecule has 2 aromatic carbocycles. The fourth-order valence-electron chi connectivity index (χ4n) is 2.83. The quantitative estimate of drug-likeness (QED) is 0.670. The molecule has 0 fully saturated rings. The molecule has 1 amide bonds. The Kier molecular flexibility index (Phi) is 5.76. The van der Waals surface area contributed by atoms with Crippen LogP contribution < -0.4 is 14.8 Å². The molecule has 1 heterocycles. The summed E-state index contributed by atoms with van der Waals surface area (Å²) in [5.41, 5.74) is 3.01. The smallest absolute Gasteiger partial charge is 0.269 e. The molecule has 27 heavy (non-hydrogen) atoms. The zero-order valence-electron chi connectivity index (χ0n) is 15.7. The second kappa shape index (κ2) is 8.40. The molecule has 3 aromatic rings. The molecule has 0 bridgehead atoms. The maximum atomic E-state index is 12.4. The number of carbonyl (C=O) groups excluding carboxylic acids is 1. The highest BCUT2D eigenvalue weighted by molar-refractivity contribution is 5.93. The summed E-state index contributed by atoms with van der Waals surface area (Å²) in [6, 6.07) is 17.3. The molecule has 1 aromatic heterocycles. The fourth-order valence-corrected chi connectivity index (χ4v) is 2.83. The summed E-state index contributed by atoms with van der Waals surface area (Å²) in [7, 11) is 3.19. The number of nitrogens with zero attached hydrogens (tertiary/aromatic N) is 1. The molecular weight excluding hydrogens is 342 g/mol. The summed E-state index contributed by atoms with van der Waals surface area (Å²) in [4.78, 5) is 12.4. The molecule has 3 rings (SSSR count). The number of benzene rings is 2. The maximum absolute atomic E-state index is 12.4. The van der Waals surface area contributed by atoms with E-state index in [4.69, 9.17) is 9.47 Å². The molecule has 0 aliphatic rings. The second-order valence-electron chi connectivity index (χ2n) is 6.25. The zero-order chi connectivity index (χ0) is 19.2. The van der Waals surface area contributed by atoms with Crippen molar-refractivity contribution in [3.8, 4) is 22.8 Å². The topological polar surface area (TPSA) is 76.2 Å². The Hall–Kier alpha value is -3.28. The molecule has 0 unspecified atom stereocenters. The van der Waals surface area contributed by atoms with Crippen LogP contribution in [0.5, 0.6) is 11.5 Å². The number of amides is 1. The van der Waals surface area contributed by atoms with E-state index in [0.29, 0.717) is 29.4 Å². The summed E-state index contributed by atoms with van der Waals surface area (Å²) in [6.07, 6.45) is 0. The van der Waals surface area contributed by atoms with E-state index in [1.165, 1.54) is 5.56 Å². The van der Waals surface area contributed by atoms with Crippen molar-refractivity contribution in [2.24, 2.45) is 0 Å². The van der Waals surface area contributed by atoms with E-state index in [2.05, 4.69) is 34.6 Å². The van der Waals surface area contributed by atoms with Gasteiger partial charge in [-0.05, 0) is 29.7 Å². The summed E-state index contributed by atoms with van der Waals surface area (Å²) in [5, 5.41) is 10.00. The van der Waals surface area contributed by atoms with Crippen molar-refractivity contribution >= 4 is 5.91 Å². The van der Waals surface area contributed by atoms with Crippen LogP contribution in [-0.2, 0) is 0 Å². The lowest BCUT2D eigenvalue weighted by atomic mass is 10.0. The Morgan fingerprint density at radius 1 is 1.11 bits per heavy atom. The molecule has 6 heteroatoms. The number of rotatable bonds is 7. The first-order valence-corrected chi connectivity index (χ1v) is 8.73. The van der Waals surface area contributed by atoms with Crippen molar-refractivity contribution in [2.75, 3.05) is 20.8 Å². The van der Waals surface area contributed by atoms with Gasteiger partial charge in [0.1, 0.15) is 17.2 Å². The summed E-state index contributed by atoms with van der Waals surface area (Å²) < 4.78 is 10.6. The number of hydrogen-bond donors (Lipinski definition) is 2. The lowest BCUT2D eigenvalue weighted by Gasteiger charge is -2.12. The molecule has 0 aliphatic heterocycles. The standard InChI is InChI=1S/C21H23N3O3/c1-14(15-7-5-4-6-8-15)13-22-21(25)19-12-18(23-24-19)17-10-9-16(26-2)11-20(17)27-3/h4-12,14H,13H2,1-3H3,(H,22,25)(H,23,24)/t14-/m1/s1. The van der Waals surface area contributed by atoms with Crippen LogP contribution in [0.15, 0.2) is 54.6 Å². The minimum absolute atomic E-state index is 0.191. The van der Waals surface area contributed by atoms with Gasteiger partial charge in [0.2, 0.25) is 0 Å². The SMILES string of the molecule is COc1ccc(-c2cc(C(=O)NC[C@@H](C)c3ccccc3)[nH]n2)c(OC)c1. The van der Waals surface area contributed by atoms with Gasteiger partial charge in [0.05, 0.1) is 19.9 Å². The van der Waals surface area contributed by atoms with Crippen molar-refractivity contribution in [3.63, 3.8) is 0 Å². The number of methoxy groups -OCH3 is 2. The molecule has 1 atom stereocenters. The van der Waals surface area contributed by atoms with Crippen LogP contribution >= 0.6 is 0 Å². The normalized spacial score (nSPS) is 11.7. The van der Waals surface area contributed by atoms with Crippen molar-refractivity contribution in [1.29, 1.82) is 0 Å². The van der Waals surface area contributed by atoms with E-state index >= 15 is 0 Å². The minimum atomic E-state index is -0.191. The number of aromatic amines is 1. The first-order valence-electron chi connectivity index (χ1n) is 8.73. The van der Waals surface area contributed by atoms with Crippen molar-refractivity contribution in [2.45, 2.75) is 12.8 Å². The van der Waals surface area contributed by atoms with Crippen molar-refractivity contribution in [1.82, 2.24) is 15.5 Å². The monoisotopic (exact) mass is 365 g/mol. The van der Waals surface area contributed by atoms with Crippen LogP contribution in [0.1, 0.15) is 28.9 Å². The van der Waals surface area contributed by atoms with Crippen LogP contribution in [0.4, 0.5) is 0 Å². The molecule has 0 aliphatic carbocycles. The molecular formula is C21H23N3O3. The number of carbonyl (C=O) groups is 1. The average molecular weight is 365 g/mol. The molecule has 140 valence electrons. The van der Waals surface area contributed by atoms with Gasteiger partial charge in [-0.25, -0.2) is 0 Å². The highest BCUT2D eigenvalue weighted by atomic mass is 16.5. The van der Waals surface area contributed by atoms with Crippen molar-refractivity contribution < 1.29 is 14.3 Å². The molecule has 0 saturated heterocycles. The van der Waals surface area contributed by atoms with Crippen LogP contribution in [0.2, 0.25) is 0 Å². The van der Waals surface area contributed by atoms with Gasteiger partial charge in [-0.1, -0.05) is 37.3 Å². The Bertz CT molecular complexity index is 906. The minimum Gasteiger partial charge on any atom is -0.497 e. The molecule has 2 N–H and O–H groups in total. The Labute approximate surface area is 158 Å². The van der Waals surface area contributed by atoms with Gasteiger partial charge in [0, 0.05) is 18.2 Å². The number of hydrogen-bond acceptors (Lipinski definition) is 4. The highest BCUT2D eigenvalue weighted by Gasteiger charge is 2.15. The van der Waals surface area contributed by atoms with E-state index < -0.39 is 0 Å². The molecule has 0 spiro atoms. The lowest BCUT2D eigenvalue weighted by molar-refractivity contribution is 0.0946. The molecule has 0 radical (unpaired) electrons. The lowest BCUT2D eigenvalue weighted by Crippen LogP contribution is -2.27. The first kappa shape index (κ1) is 18.5. The predicted molar refractivity (Wildman–Crippen MR) is 104 cm³/mol. The van der Waals surface area contributed by atoms with Crippen LogP contribution in [0.3, 0.4) is 0 Å². The Morgan fingerprint density at radius 3 is 2.59 bits per heavy atom. The second-order valence-corrected chi connectivity index (χ2v) is 6.25. The summed E-state index contributed by atoms with van der Waals surface area (Å²) in [5.74, 6) is 1.35. The zero-order valence-corrected chi connectivity index (χ0v) is 15.7. The third-order valence-corrected chi connectivity index (χ3v) is 4.44. The molecule has 6 nitrogen and oxygen atoms in total. The van der Waals surface area contributed by atoms with Gasteiger partial charge in [0.25, 0.3) is 5.91 Å². The van der Waals surface area contributed by atoms with E-state index in [9.17, 15) is 4.79 Å². The Morgan fingerprint density at radius 2 is 1.89 bits per heavy atom. The van der Waals surface area contributed by atoms with Gasteiger partial charge in [0.15, 0.2) is 0 Å². The highest BCUT2D eigenvalue weighted by Crippen LogP contribution is 2.32. The Balaban J connectivity index is 1.69. The van der Waals surface area contributed by atoms with E-state index in [-0.39, 0.29) is 11.8 Å². The van der Waals surface area contributed by atoms with Crippen molar-refractivity contribution in [3.05, 3.63) is 65.9 Å². The summed E-state index contributed by atoms with van der Waals surface area (Å²) in [6.45, 7) is 2.62. The van der Waals surface area contributed by atoms with Crippen LogP contribution in [-0.4, -0.2) is 36.9 Å². The first-order chi connectivity index (χ1) is 13.1. The van der Waals surface area contributed by atoms with E-state index in [0.717, 1.165) is 5.56 Å². The van der Waals surface area contributed by atoms with E-state index in [1.54, 1.807) is 26.4 Å². The number of ether oxygens (including phenoxy) is 2. The number of aromatic nitrogens is 2. The van der Waals surface area contributed by atoms with E-state index in [1.807, 2.05) is 30.3 Å². The third-order valence-electron chi connectivity index (χ3n) is 4.44. The van der Waals surface area contributed by atoms with Gasteiger partial charge < -0.3 is 14.8 Å². The van der Waals surface area contributed by atoms with Crippen LogP contribution in [0, 0.1) is 0 Å². The van der Waals surface area contributed by atoms with Crippen LogP contribution in [0.25, 0.3) is 11.3 Å². The number of nitrogens with one attached hydrogen (secondary N) is 2.